The molecule has 2 aliphatic rings. The molecule has 1 aliphatic carbocycles. The molecule has 130 valence electrons. The third-order valence-electron chi connectivity index (χ3n) is 4.86. The molecular weight excluding hydrogens is 312 g/mol. The van der Waals surface area contributed by atoms with Crippen molar-refractivity contribution in [2.24, 2.45) is 5.92 Å². The monoisotopic (exact) mass is 334 g/mol. The second-order valence-corrected chi connectivity index (χ2v) is 6.80. The number of nitrogens with one attached hydrogen (secondary N) is 1. The van der Waals surface area contributed by atoms with Crippen molar-refractivity contribution in [3.63, 3.8) is 0 Å². The molecule has 0 aromatic carbocycles. The van der Waals surface area contributed by atoms with Gasteiger partial charge in [0.1, 0.15) is 12.1 Å². The van der Waals surface area contributed by atoms with Crippen LogP contribution in [0.3, 0.4) is 0 Å². The van der Waals surface area contributed by atoms with E-state index >= 15 is 0 Å². The molecule has 5 amide bonds. The first kappa shape index (κ1) is 17.9. The highest BCUT2D eigenvalue weighted by molar-refractivity contribution is 6.45. The number of nitrogens with zero attached hydrogens (tertiary/aromatic N) is 3. The van der Waals surface area contributed by atoms with Crippen LogP contribution in [0, 0.1) is 17.2 Å². The van der Waals surface area contributed by atoms with Crippen LogP contribution in [0.15, 0.2) is 0 Å². The Morgan fingerprint density at radius 1 is 1.29 bits per heavy atom. The summed E-state index contributed by atoms with van der Waals surface area (Å²) in [6.45, 7) is 4.57. The molecule has 0 spiro atoms. The Labute approximate surface area is 140 Å². The fourth-order valence-electron chi connectivity index (χ4n) is 2.92. The zero-order valence-electron chi connectivity index (χ0n) is 14.2. The summed E-state index contributed by atoms with van der Waals surface area (Å²) in [5, 5.41) is 11.8. The molecule has 8 nitrogen and oxygen atoms in total. The van der Waals surface area contributed by atoms with Crippen molar-refractivity contribution in [3.8, 4) is 6.07 Å². The molecule has 8 heteroatoms. The van der Waals surface area contributed by atoms with Crippen LogP contribution in [0.5, 0.6) is 0 Å². The first-order valence-corrected chi connectivity index (χ1v) is 8.12. The van der Waals surface area contributed by atoms with Gasteiger partial charge in [0.15, 0.2) is 0 Å². The van der Waals surface area contributed by atoms with Gasteiger partial charge in [-0.25, -0.2) is 9.69 Å². The summed E-state index contributed by atoms with van der Waals surface area (Å²) in [5.41, 5.74) is -1.11. The van der Waals surface area contributed by atoms with Crippen LogP contribution in [-0.4, -0.2) is 51.7 Å². The molecule has 0 radical (unpaired) electrons. The molecule has 1 saturated carbocycles. The maximum Gasteiger partial charge on any atom is 0.334 e. The molecule has 1 atom stereocenters. The summed E-state index contributed by atoms with van der Waals surface area (Å²) in [7, 11) is 0. The quantitative estimate of drug-likeness (QED) is 0.590. The summed E-state index contributed by atoms with van der Waals surface area (Å²) < 4.78 is 0. The highest BCUT2D eigenvalue weighted by atomic mass is 16.2. The van der Waals surface area contributed by atoms with E-state index in [9.17, 15) is 24.4 Å². The second-order valence-electron chi connectivity index (χ2n) is 6.80. The van der Waals surface area contributed by atoms with Gasteiger partial charge in [-0.2, -0.15) is 5.26 Å². The Bertz CT molecular complexity index is 618. The summed E-state index contributed by atoms with van der Waals surface area (Å²) >= 11 is 0. The predicted octanol–water partition coefficient (Wildman–Crippen LogP) is 0.774. The molecule has 1 aliphatic heterocycles. The number of hydrogen-bond acceptors (Lipinski definition) is 5. The number of hydrogen-bond donors (Lipinski definition) is 1. The Balaban J connectivity index is 2.08. The van der Waals surface area contributed by atoms with Gasteiger partial charge >= 0.3 is 17.8 Å². The minimum absolute atomic E-state index is 0.159. The smallest absolute Gasteiger partial charge is 0.334 e. The summed E-state index contributed by atoms with van der Waals surface area (Å²) in [4.78, 5) is 50.3. The van der Waals surface area contributed by atoms with Crippen LogP contribution in [-0.2, 0) is 14.4 Å². The fourth-order valence-corrected chi connectivity index (χ4v) is 2.92. The molecule has 2 fully saturated rings. The van der Waals surface area contributed by atoms with E-state index in [0.717, 1.165) is 17.7 Å². The SMILES string of the molecule is CC(C)[C@](C)(C#N)NC(=O)CN1C(=O)C(=O)N(C2CCCC2)C1=O. The van der Waals surface area contributed by atoms with Crippen molar-refractivity contribution < 1.29 is 19.2 Å². The van der Waals surface area contributed by atoms with Gasteiger partial charge in [0.2, 0.25) is 5.91 Å². The van der Waals surface area contributed by atoms with Gasteiger partial charge in [-0.3, -0.25) is 19.3 Å². The van der Waals surface area contributed by atoms with Gasteiger partial charge in [-0.15, -0.1) is 0 Å². The lowest BCUT2D eigenvalue weighted by Crippen LogP contribution is -2.52. The summed E-state index contributed by atoms with van der Waals surface area (Å²) in [6.07, 6.45) is 3.19. The van der Waals surface area contributed by atoms with Gasteiger partial charge in [0.05, 0.1) is 6.07 Å². The Morgan fingerprint density at radius 3 is 2.38 bits per heavy atom. The van der Waals surface area contributed by atoms with Gasteiger partial charge in [0.25, 0.3) is 0 Å². The highest BCUT2D eigenvalue weighted by Crippen LogP contribution is 2.27. The molecule has 1 N–H and O–H groups in total. The Kier molecular flexibility index (Phi) is 4.92. The maximum absolute atomic E-state index is 12.4. The van der Waals surface area contributed by atoms with Gasteiger partial charge in [-0.05, 0) is 25.7 Å². The van der Waals surface area contributed by atoms with E-state index in [1.807, 2.05) is 6.07 Å². The molecule has 1 heterocycles. The highest BCUT2D eigenvalue weighted by Gasteiger charge is 2.48. The van der Waals surface area contributed by atoms with Gasteiger partial charge < -0.3 is 5.32 Å². The van der Waals surface area contributed by atoms with Gasteiger partial charge in [0, 0.05) is 6.04 Å². The average molecular weight is 334 g/mol. The number of imide groups is 2. The molecule has 2 rings (SSSR count). The third kappa shape index (κ3) is 3.11. The normalized spacial score (nSPS) is 21.4. The summed E-state index contributed by atoms with van der Waals surface area (Å²) in [6, 6.07) is 1.02. The van der Waals surface area contributed by atoms with E-state index in [2.05, 4.69) is 5.32 Å². The lowest BCUT2D eigenvalue weighted by Gasteiger charge is -2.28. The minimum atomic E-state index is -1.11. The zero-order valence-corrected chi connectivity index (χ0v) is 14.2. The van der Waals surface area contributed by atoms with E-state index in [0.29, 0.717) is 17.7 Å². The number of carbonyl (C=O) groups excluding carboxylic acids is 4. The van der Waals surface area contributed by atoms with Crippen LogP contribution in [0.25, 0.3) is 0 Å². The number of urea groups is 1. The van der Waals surface area contributed by atoms with E-state index in [-0.39, 0.29) is 12.0 Å². The van der Waals surface area contributed by atoms with Crippen molar-refractivity contribution in [1.29, 1.82) is 5.26 Å². The van der Waals surface area contributed by atoms with Crippen LogP contribution >= 0.6 is 0 Å². The van der Waals surface area contributed by atoms with Crippen molar-refractivity contribution >= 4 is 23.8 Å². The van der Waals surface area contributed by atoms with Crippen LogP contribution < -0.4 is 5.32 Å². The Hall–Kier alpha value is -2.43. The number of carbonyl (C=O) groups is 4. The Morgan fingerprint density at radius 2 is 1.88 bits per heavy atom. The molecule has 0 aromatic heterocycles. The van der Waals surface area contributed by atoms with Crippen LogP contribution in [0.2, 0.25) is 0 Å². The number of nitriles is 1. The third-order valence-corrected chi connectivity index (χ3v) is 4.86. The lowest BCUT2D eigenvalue weighted by atomic mass is 9.90. The van der Waals surface area contributed by atoms with E-state index < -0.39 is 35.8 Å². The van der Waals surface area contributed by atoms with E-state index in [1.165, 1.54) is 0 Å². The van der Waals surface area contributed by atoms with Gasteiger partial charge in [-0.1, -0.05) is 26.7 Å². The van der Waals surface area contributed by atoms with E-state index in [1.54, 1.807) is 20.8 Å². The largest absolute Gasteiger partial charge is 0.336 e. The van der Waals surface area contributed by atoms with E-state index in [4.69, 9.17) is 0 Å². The topological polar surface area (TPSA) is 111 Å². The van der Waals surface area contributed by atoms with Crippen molar-refractivity contribution in [2.45, 2.75) is 58.0 Å². The van der Waals surface area contributed by atoms with Crippen LogP contribution in [0.1, 0.15) is 46.5 Å². The fraction of sp³-hybridized carbons (Fsp3) is 0.688. The average Bonchev–Trinajstić information content (AvgIpc) is 3.11. The first-order valence-electron chi connectivity index (χ1n) is 8.12. The predicted molar refractivity (Wildman–Crippen MR) is 83.2 cm³/mol. The number of rotatable bonds is 5. The van der Waals surface area contributed by atoms with Crippen molar-refractivity contribution in [2.75, 3.05) is 6.54 Å². The first-order chi connectivity index (χ1) is 11.2. The zero-order chi connectivity index (χ0) is 18.1. The van der Waals surface area contributed by atoms with Crippen molar-refractivity contribution in [1.82, 2.24) is 15.1 Å². The maximum atomic E-state index is 12.4. The van der Waals surface area contributed by atoms with Crippen molar-refractivity contribution in [3.05, 3.63) is 0 Å². The molecule has 0 bridgehead atoms. The molecule has 24 heavy (non-hydrogen) atoms. The van der Waals surface area contributed by atoms with Crippen LogP contribution in [0.4, 0.5) is 4.79 Å². The molecule has 0 aromatic rings. The molecule has 1 saturated heterocycles. The molecule has 0 unspecified atom stereocenters. The standard InChI is InChI=1S/C16H22N4O4/c1-10(2)16(3,9-17)18-12(21)8-19-13(22)14(23)20(15(19)24)11-6-4-5-7-11/h10-11H,4-8H2,1-3H3,(H,18,21)/t16-/m0/s1. The minimum Gasteiger partial charge on any atom is -0.336 e. The summed E-state index contributed by atoms with van der Waals surface area (Å²) in [5.74, 6) is -2.65. The lowest BCUT2D eigenvalue weighted by molar-refractivity contribution is -0.144. The second kappa shape index (κ2) is 6.59. The number of amides is 5. The molecular formula is C16H22N4O4.